The second-order valence-corrected chi connectivity index (χ2v) is 8.62. The van der Waals surface area contributed by atoms with Gasteiger partial charge < -0.3 is 39.7 Å². The number of aliphatic carboxylic acids is 1. The molecular weight excluding hydrogens is 444 g/mol. The molecule has 1 aliphatic carbocycles. The molecule has 2 aliphatic rings. The van der Waals surface area contributed by atoms with Crippen LogP contribution in [-0.2, 0) is 23.8 Å². The fourth-order valence-corrected chi connectivity index (χ4v) is 4.26. The van der Waals surface area contributed by atoms with Gasteiger partial charge in [0.05, 0.1) is 25.7 Å². The monoisotopic (exact) mass is 476 g/mol. The van der Waals surface area contributed by atoms with E-state index in [4.69, 9.17) is 14.2 Å². The van der Waals surface area contributed by atoms with E-state index >= 15 is 0 Å². The summed E-state index contributed by atoms with van der Waals surface area (Å²) in [5, 5.41) is 49.2. The number of thioether (sulfide) groups is 1. The van der Waals surface area contributed by atoms with Crippen molar-refractivity contribution in [3.63, 3.8) is 0 Å². The molecule has 1 fully saturated rings. The first-order valence-corrected chi connectivity index (χ1v) is 11.8. The number of allylic oxidation sites excluding steroid dienone is 1. The number of carboxylic acid groups (broad SMARTS) is 1. The molecule has 7 atom stereocenters. The van der Waals surface area contributed by atoms with Gasteiger partial charge in [-0.2, -0.15) is 11.8 Å². The number of esters is 1. The summed E-state index contributed by atoms with van der Waals surface area (Å²) in [6.45, 7) is 1.33. The summed E-state index contributed by atoms with van der Waals surface area (Å²) < 4.78 is 16.5. The van der Waals surface area contributed by atoms with E-state index in [2.05, 4.69) is 0 Å². The zero-order chi connectivity index (χ0) is 23.8. The van der Waals surface area contributed by atoms with Crippen LogP contribution in [0.4, 0.5) is 0 Å². The summed E-state index contributed by atoms with van der Waals surface area (Å²) in [6, 6.07) is 0. The quantitative estimate of drug-likeness (QED) is 0.162. The van der Waals surface area contributed by atoms with Crippen LogP contribution in [0, 0.1) is 5.92 Å². The molecular formula is C21H32O10S. The number of aliphatic hydroxyl groups excluding tert-OH is 4. The van der Waals surface area contributed by atoms with E-state index in [1.165, 1.54) is 6.08 Å². The lowest BCUT2D eigenvalue weighted by molar-refractivity contribution is -0.308. The lowest BCUT2D eigenvalue weighted by Gasteiger charge is -2.42. The van der Waals surface area contributed by atoms with Crippen molar-refractivity contribution in [3.05, 3.63) is 23.3 Å². The third kappa shape index (κ3) is 6.53. The Labute approximate surface area is 190 Å². The Morgan fingerprint density at radius 3 is 2.56 bits per heavy atom. The van der Waals surface area contributed by atoms with Gasteiger partial charge in [0.2, 0.25) is 0 Å². The van der Waals surface area contributed by atoms with Crippen LogP contribution >= 0.6 is 11.8 Å². The highest BCUT2D eigenvalue weighted by atomic mass is 32.2. The number of ether oxygens (including phenoxy) is 3. The van der Waals surface area contributed by atoms with Crippen LogP contribution in [0.1, 0.15) is 26.2 Å². The second kappa shape index (κ2) is 12.7. The number of rotatable bonds is 10. The molecule has 0 amide bonds. The molecule has 0 aromatic carbocycles. The van der Waals surface area contributed by atoms with Gasteiger partial charge in [0.1, 0.15) is 24.4 Å². The predicted octanol–water partition coefficient (Wildman–Crippen LogP) is -0.165. The summed E-state index contributed by atoms with van der Waals surface area (Å²) in [7, 11) is 0. The van der Waals surface area contributed by atoms with Crippen molar-refractivity contribution < 1.29 is 49.3 Å². The second-order valence-electron chi connectivity index (χ2n) is 7.63. The van der Waals surface area contributed by atoms with Gasteiger partial charge in [-0.05, 0) is 37.3 Å². The van der Waals surface area contributed by atoms with Crippen LogP contribution in [-0.4, -0.2) is 99.5 Å². The minimum absolute atomic E-state index is 0.0489. The average Bonchev–Trinajstić information content (AvgIpc) is 2.77. The smallest absolute Gasteiger partial charge is 0.331 e. The third-order valence-corrected chi connectivity index (χ3v) is 6.25. The van der Waals surface area contributed by atoms with Gasteiger partial charge in [0.15, 0.2) is 6.29 Å². The Bertz CT molecular complexity index is 707. The van der Waals surface area contributed by atoms with Crippen LogP contribution in [0.25, 0.3) is 0 Å². The van der Waals surface area contributed by atoms with Crippen LogP contribution < -0.4 is 0 Å². The van der Waals surface area contributed by atoms with Gasteiger partial charge >= 0.3 is 11.9 Å². The Kier molecular flexibility index (Phi) is 10.6. The molecule has 32 heavy (non-hydrogen) atoms. The van der Waals surface area contributed by atoms with E-state index < -0.39 is 61.3 Å². The van der Waals surface area contributed by atoms with Crippen molar-refractivity contribution in [1.82, 2.24) is 0 Å². The van der Waals surface area contributed by atoms with Crippen LogP contribution in [0.5, 0.6) is 0 Å². The van der Waals surface area contributed by atoms with Gasteiger partial charge in [-0.1, -0.05) is 12.2 Å². The van der Waals surface area contributed by atoms with E-state index in [-0.39, 0.29) is 25.0 Å². The van der Waals surface area contributed by atoms with Crippen molar-refractivity contribution >= 4 is 23.7 Å². The van der Waals surface area contributed by atoms with E-state index in [1.54, 1.807) is 24.8 Å². The summed E-state index contributed by atoms with van der Waals surface area (Å²) in [4.78, 5) is 24.1. The lowest BCUT2D eigenvalue weighted by Crippen LogP contribution is -2.59. The predicted molar refractivity (Wildman–Crippen MR) is 115 cm³/mol. The standard InChI is InChI=1S/C21H32O10S/c1-3-11-13(9-16(23)29-7-4-8-32-2)12(20(27)28)5-6-14(11)30-21-19(26)18(25)17(24)15(10-22)31-21/h3,5,13-15,17-19,21-22,24-26H,4,6-10H2,1-2H3,(H,27,28)/b11-3+/t13-,14+,15+,17+,18-,19+,21+/m0/s1. The maximum absolute atomic E-state index is 12.3. The summed E-state index contributed by atoms with van der Waals surface area (Å²) >= 11 is 1.63. The largest absolute Gasteiger partial charge is 0.478 e. The van der Waals surface area contributed by atoms with Gasteiger partial charge in [-0.25, -0.2) is 4.79 Å². The van der Waals surface area contributed by atoms with Crippen LogP contribution in [0.15, 0.2) is 23.3 Å². The Hall–Kier alpha value is -1.47. The molecule has 2 rings (SSSR count). The number of carbonyl (C=O) groups is 2. The fourth-order valence-electron chi connectivity index (χ4n) is 3.86. The Balaban J connectivity index is 2.15. The molecule has 0 aromatic rings. The maximum atomic E-state index is 12.3. The molecule has 1 saturated heterocycles. The van der Waals surface area contributed by atoms with Crippen molar-refractivity contribution in [2.75, 3.05) is 25.2 Å². The van der Waals surface area contributed by atoms with Crippen LogP contribution in [0.3, 0.4) is 0 Å². The zero-order valence-electron chi connectivity index (χ0n) is 18.1. The van der Waals surface area contributed by atoms with Gasteiger partial charge in [-0.3, -0.25) is 4.79 Å². The zero-order valence-corrected chi connectivity index (χ0v) is 18.9. The Morgan fingerprint density at radius 2 is 1.97 bits per heavy atom. The van der Waals surface area contributed by atoms with Crippen molar-refractivity contribution in [2.24, 2.45) is 5.92 Å². The van der Waals surface area contributed by atoms with Crippen LogP contribution in [0.2, 0.25) is 0 Å². The van der Waals surface area contributed by atoms with E-state index in [0.29, 0.717) is 12.0 Å². The minimum Gasteiger partial charge on any atom is -0.478 e. The number of hydrogen-bond donors (Lipinski definition) is 5. The Morgan fingerprint density at radius 1 is 1.25 bits per heavy atom. The number of carbonyl (C=O) groups excluding carboxylic acids is 1. The summed E-state index contributed by atoms with van der Waals surface area (Å²) in [5.41, 5.74) is 0.552. The first-order valence-electron chi connectivity index (χ1n) is 10.4. The highest BCUT2D eigenvalue weighted by molar-refractivity contribution is 7.98. The normalized spacial score (nSPS) is 34.2. The van der Waals surface area contributed by atoms with E-state index in [1.807, 2.05) is 6.26 Å². The molecule has 0 radical (unpaired) electrons. The topological polar surface area (TPSA) is 163 Å². The fraction of sp³-hybridized carbons (Fsp3) is 0.714. The van der Waals surface area contributed by atoms with Crippen molar-refractivity contribution in [1.29, 1.82) is 0 Å². The molecule has 1 heterocycles. The van der Waals surface area contributed by atoms with E-state index in [0.717, 1.165) is 5.75 Å². The molecule has 0 saturated carbocycles. The third-order valence-electron chi connectivity index (χ3n) is 5.56. The van der Waals surface area contributed by atoms with Gasteiger partial charge in [0, 0.05) is 11.5 Å². The molecule has 1 aliphatic heterocycles. The SMILES string of the molecule is C/C=C1\[C@H](CC(=O)OCCCSC)C(C(=O)O)=CC[C@H]1O[C@@H]1O[C@H](CO)[C@@H](O)[C@H](O)[C@H]1O. The highest BCUT2D eigenvalue weighted by Gasteiger charge is 2.46. The molecule has 0 aromatic heterocycles. The highest BCUT2D eigenvalue weighted by Crippen LogP contribution is 2.37. The average molecular weight is 477 g/mol. The summed E-state index contributed by atoms with van der Waals surface area (Å²) in [6.07, 6.45) is -2.27. The first-order chi connectivity index (χ1) is 15.2. The van der Waals surface area contributed by atoms with Crippen molar-refractivity contribution in [3.8, 4) is 0 Å². The molecule has 0 bridgehead atoms. The molecule has 0 unspecified atom stereocenters. The molecule has 182 valence electrons. The number of carboxylic acids is 1. The van der Waals surface area contributed by atoms with Gasteiger partial charge in [-0.15, -0.1) is 0 Å². The molecule has 11 heteroatoms. The number of aliphatic hydroxyl groups is 4. The number of hydrogen-bond acceptors (Lipinski definition) is 10. The maximum Gasteiger partial charge on any atom is 0.331 e. The van der Waals surface area contributed by atoms with Gasteiger partial charge in [0.25, 0.3) is 0 Å². The molecule has 5 N–H and O–H groups in total. The lowest BCUT2D eigenvalue weighted by atomic mass is 9.79. The molecule has 10 nitrogen and oxygen atoms in total. The first kappa shape index (κ1) is 26.8. The van der Waals surface area contributed by atoms with Crippen molar-refractivity contribution in [2.45, 2.75) is 63.0 Å². The minimum atomic E-state index is -1.60. The van der Waals surface area contributed by atoms with E-state index in [9.17, 15) is 35.1 Å². The molecule has 0 spiro atoms. The summed E-state index contributed by atoms with van der Waals surface area (Å²) in [5.74, 6) is -1.65.